The fourth-order valence-corrected chi connectivity index (χ4v) is 4.29. The van der Waals surface area contributed by atoms with Gasteiger partial charge in [-0.25, -0.2) is 9.67 Å². The molecule has 0 bridgehead atoms. The second kappa shape index (κ2) is 8.39. The first-order chi connectivity index (χ1) is 17.1. The Morgan fingerprint density at radius 3 is 2.74 bits per heavy atom. The van der Waals surface area contributed by atoms with Gasteiger partial charge in [-0.1, -0.05) is 6.07 Å². The van der Waals surface area contributed by atoms with Gasteiger partial charge in [-0.15, -0.1) is 0 Å². The average molecular weight is 466 g/mol. The molecule has 0 spiro atoms. The quantitative estimate of drug-likeness (QED) is 0.390. The molecule has 8 nitrogen and oxygen atoms in total. The molecule has 1 N–H and O–H groups in total. The van der Waals surface area contributed by atoms with Gasteiger partial charge in [0, 0.05) is 28.9 Å². The highest BCUT2D eigenvalue weighted by Crippen LogP contribution is 2.35. The Hall–Kier alpha value is -4.46. The van der Waals surface area contributed by atoms with Crippen LogP contribution in [0.5, 0.6) is 11.5 Å². The molecule has 0 saturated carbocycles. The van der Waals surface area contributed by atoms with Gasteiger partial charge in [0.25, 0.3) is 5.91 Å². The molecule has 1 aliphatic rings. The second-order valence-electron chi connectivity index (χ2n) is 8.70. The normalized spacial score (nSPS) is 12.9. The largest absolute Gasteiger partial charge is 0.486 e. The third-order valence-corrected chi connectivity index (χ3v) is 6.00. The Balaban J connectivity index is 1.44. The number of amides is 1. The zero-order valence-corrected chi connectivity index (χ0v) is 19.4. The van der Waals surface area contributed by atoms with E-state index in [2.05, 4.69) is 15.4 Å². The van der Waals surface area contributed by atoms with E-state index < -0.39 is 0 Å². The third-order valence-electron chi connectivity index (χ3n) is 6.00. The highest BCUT2D eigenvalue weighted by molar-refractivity contribution is 6.13. The Bertz CT molecular complexity index is 1590. The van der Waals surface area contributed by atoms with Crippen LogP contribution >= 0.6 is 0 Å². The monoisotopic (exact) mass is 465 g/mol. The maximum Gasteiger partial charge on any atom is 0.256 e. The summed E-state index contributed by atoms with van der Waals surface area (Å²) in [5, 5.41) is 9.19. The summed E-state index contributed by atoms with van der Waals surface area (Å²) >= 11 is 0. The summed E-state index contributed by atoms with van der Waals surface area (Å²) < 4.78 is 13.2. The van der Waals surface area contributed by atoms with Crippen LogP contribution in [0, 0.1) is 0 Å². The van der Waals surface area contributed by atoms with Crippen LogP contribution in [0.4, 0.5) is 5.69 Å². The minimum Gasteiger partial charge on any atom is -0.486 e. The van der Waals surface area contributed by atoms with Crippen molar-refractivity contribution < 1.29 is 14.3 Å². The van der Waals surface area contributed by atoms with Crippen LogP contribution in [0.15, 0.2) is 67.0 Å². The van der Waals surface area contributed by atoms with Crippen molar-refractivity contribution in [3.05, 3.63) is 72.6 Å². The minimum atomic E-state index is -0.234. The van der Waals surface area contributed by atoms with E-state index in [4.69, 9.17) is 14.5 Å². The number of carbonyl (C=O) groups is 1. The van der Waals surface area contributed by atoms with Crippen LogP contribution in [-0.4, -0.2) is 38.9 Å². The van der Waals surface area contributed by atoms with Gasteiger partial charge in [-0.3, -0.25) is 9.78 Å². The van der Waals surface area contributed by atoms with Gasteiger partial charge in [0.1, 0.15) is 13.2 Å². The molecule has 2 aromatic carbocycles. The number of anilines is 1. The van der Waals surface area contributed by atoms with Crippen molar-refractivity contribution in [1.29, 1.82) is 0 Å². The molecule has 0 atom stereocenters. The molecule has 174 valence electrons. The van der Waals surface area contributed by atoms with E-state index >= 15 is 0 Å². The van der Waals surface area contributed by atoms with Gasteiger partial charge in [-0.05, 0) is 62.4 Å². The Morgan fingerprint density at radius 2 is 1.89 bits per heavy atom. The highest BCUT2D eigenvalue weighted by atomic mass is 16.6. The molecule has 8 heteroatoms. The lowest BCUT2D eigenvalue weighted by molar-refractivity contribution is 0.102. The van der Waals surface area contributed by atoms with E-state index in [9.17, 15) is 4.79 Å². The molecule has 0 unspecified atom stereocenters. The summed E-state index contributed by atoms with van der Waals surface area (Å²) in [5.41, 5.74) is 4.20. The molecule has 4 heterocycles. The predicted molar refractivity (Wildman–Crippen MR) is 134 cm³/mol. The molecule has 0 fully saturated rings. The van der Waals surface area contributed by atoms with Gasteiger partial charge in [0.15, 0.2) is 17.1 Å². The lowest BCUT2D eigenvalue weighted by atomic mass is 10.1. The summed E-state index contributed by atoms with van der Waals surface area (Å²) in [4.78, 5) is 22.8. The van der Waals surface area contributed by atoms with E-state index in [1.54, 1.807) is 18.5 Å². The molecule has 1 amide bonds. The van der Waals surface area contributed by atoms with E-state index in [0.717, 1.165) is 16.5 Å². The zero-order chi connectivity index (χ0) is 23.9. The number of hydrogen-bond donors (Lipinski definition) is 1. The SMILES string of the molecule is CC(C)n1ncc2c(C(=O)Nc3ccc4ncccc4c3)cc(-c3ccc4c(c3)OCCO4)nc21. The number of aromatic nitrogens is 4. The Labute approximate surface area is 201 Å². The molecule has 35 heavy (non-hydrogen) atoms. The van der Waals surface area contributed by atoms with E-state index in [-0.39, 0.29) is 11.9 Å². The first-order valence-corrected chi connectivity index (χ1v) is 11.5. The van der Waals surface area contributed by atoms with Gasteiger partial charge in [0.05, 0.1) is 28.4 Å². The molecular formula is C27H23N5O3. The lowest BCUT2D eigenvalue weighted by Gasteiger charge is -2.19. The summed E-state index contributed by atoms with van der Waals surface area (Å²) in [6.45, 7) is 5.10. The number of hydrogen-bond acceptors (Lipinski definition) is 6. The minimum absolute atomic E-state index is 0.0828. The smallest absolute Gasteiger partial charge is 0.256 e. The summed E-state index contributed by atoms with van der Waals surface area (Å²) in [6, 6.07) is 17.1. The predicted octanol–water partition coefficient (Wildman–Crippen LogP) is 5.25. The highest BCUT2D eigenvalue weighted by Gasteiger charge is 2.20. The van der Waals surface area contributed by atoms with Gasteiger partial charge >= 0.3 is 0 Å². The lowest BCUT2D eigenvalue weighted by Crippen LogP contribution is -2.15. The fourth-order valence-electron chi connectivity index (χ4n) is 4.29. The second-order valence-corrected chi connectivity index (χ2v) is 8.70. The van der Waals surface area contributed by atoms with Crippen LogP contribution < -0.4 is 14.8 Å². The van der Waals surface area contributed by atoms with Crippen molar-refractivity contribution in [2.75, 3.05) is 18.5 Å². The Morgan fingerprint density at radius 1 is 1.03 bits per heavy atom. The van der Waals surface area contributed by atoms with Crippen molar-refractivity contribution in [3.8, 4) is 22.8 Å². The summed E-state index contributed by atoms with van der Waals surface area (Å²) in [7, 11) is 0. The van der Waals surface area contributed by atoms with E-state index in [0.29, 0.717) is 52.7 Å². The van der Waals surface area contributed by atoms with Crippen molar-refractivity contribution in [2.45, 2.75) is 19.9 Å². The number of fused-ring (bicyclic) bond motifs is 3. The molecule has 3 aromatic heterocycles. The molecular weight excluding hydrogens is 442 g/mol. The summed E-state index contributed by atoms with van der Waals surface area (Å²) in [5.74, 6) is 1.14. The molecule has 0 aliphatic carbocycles. The number of nitrogens with zero attached hydrogens (tertiary/aromatic N) is 4. The van der Waals surface area contributed by atoms with Crippen molar-refractivity contribution in [1.82, 2.24) is 19.7 Å². The molecule has 0 radical (unpaired) electrons. The van der Waals surface area contributed by atoms with Gasteiger partial charge in [-0.2, -0.15) is 5.10 Å². The van der Waals surface area contributed by atoms with Crippen molar-refractivity contribution in [3.63, 3.8) is 0 Å². The van der Waals surface area contributed by atoms with Crippen LogP contribution in [-0.2, 0) is 0 Å². The third kappa shape index (κ3) is 3.82. The molecule has 6 rings (SSSR count). The number of nitrogens with one attached hydrogen (secondary N) is 1. The standard InChI is InChI=1S/C27H23N5O3/c1-16(2)32-26-21(15-29-32)20(27(33)30-19-6-7-22-17(12-19)4-3-9-28-22)14-23(31-26)18-5-8-24-25(13-18)35-11-10-34-24/h3-9,12-16H,10-11H2,1-2H3,(H,30,33). The Kier molecular flexibility index (Phi) is 5.06. The van der Waals surface area contributed by atoms with E-state index in [1.807, 2.05) is 67.1 Å². The van der Waals surface area contributed by atoms with Crippen LogP contribution in [0.1, 0.15) is 30.2 Å². The van der Waals surface area contributed by atoms with Gasteiger partial charge in [0.2, 0.25) is 0 Å². The number of ether oxygens (including phenoxy) is 2. The zero-order valence-electron chi connectivity index (χ0n) is 19.4. The maximum absolute atomic E-state index is 13.5. The van der Waals surface area contributed by atoms with Gasteiger partial charge < -0.3 is 14.8 Å². The average Bonchev–Trinajstić information content (AvgIpc) is 3.32. The van der Waals surface area contributed by atoms with Crippen LogP contribution in [0.2, 0.25) is 0 Å². The van der Waals surface area contributed by atoms with Crippen LogP contribution in [0.25, 0.3) is 33.2 Å². The topological polar surface area (TPSA) is 91.2 Å². The number of pyridine rings is 2. The number of rotatable bonds is 4. The summed E-state index contributed by atoms with van der Waals surface area (Å²) in [6.07, 6.45) is 3.45. The van der Waals surface area contributed by atoms with Crippen molar-refractivity contribution >= 4 is 33.5 Å². The number of benzene rings is 2. The van der Waals surface area contributed by atoms with Crippen LogP contribution in [0.3, 0.4) is 0 Å². The fraction of sp³-hybridized carbons (Fsp3) is 0.185. The maximum atomic E-state index is 13.5. The van der Waals surface area contributed by atoms with E-state index in [1.165, 1.54) is 0 Å². The van der Waals surface area contributed by atoms with Crippen molar-refractivity contribution in [2.24, 2.45) is 0 Å². The first kappa shape index (κ1) is 21.1. The number of carbonyl (C=O) groups excluding carboxylic acids is 1. The molecule has 5 aromatic rings. The molecule has 0 saturated heterocycles. The molecule has 1 aliphatic heterocycles. The first-order valence-electron chi connectivity index (χ1n) is 11.5.